The number of ether oxygens (including phenoxy) is 3. The molecule has 0 aromatic carbocycles. The fraction of sp³-hybridized carbons (Fsp3) is 0.720. The van der Waals surface area contributed by atoms with E-state index in [4.69, 9.17) is 14.2 Å². The minimum absolute atomic E-state index is 0.0865. The lowest BCUT2D eigenvalue weighted by molar-refractivity contribution is -0.167. The molecule has 1 atom stereocenters. The lowest BCUT2D eigenvalue weighted by atomic mass is 10.0. The van der Waals surface area contributed by atoms with Crippen molar-refractivity contribution in [3.8, 4) is 0 Å². The summed E-state index contributed by atoms with van der Waals surface area (Å²) < 4.78 is 17.0. The van der Waals surface area contributed by atoms with Gasteiger partial charge in [0.25, 0.3) is 0 Å². The maximum atomic E-state index is 12.9. The van der Waals surface area contributed by atoms with Crippen LogP contribution in [-0.2, 0) is 28.6 Å². The second kappa shape index (κ2) is 68.6. The van der Waals surface area contributed by atoms with Gasteiger partial charge in [0.1, 0.15) is 13.2 Å². The van der Waals surface area contributed by atoms with E-state index < -0.39 is 6.10 Å². The average molecular weight is 1130 g/mol. The number of esters is 3. The number of carbonyl (C=O) groups excluding carboxylic acids is 3. The highest BCUT2D eigenvalue weighted by Gasteiger charge is 2.19. The summed E-state index contributed by atoms with van der Waals surface area (Å²) in [6, 6.07) is 0. The zero-order chi connectivity index (χ0) is 58.5. The van der Waals surface area contributed by atoms with E-state index in [-0.39, 0.29) is 31.1 Å². The van der Waals surface area contributed by atoms with Crippen LogP contribution in [0.4, 0.5) is 0 Å². The first-order valence-corrected chi connectivity index (χ1v) is 34.4. The van der Waals surface area contributed by atoms with Crippen molar-refractivity contribution in [2.24, 2.45) is 0 Å². The quantitative estimate of drug-likeness (QED) is 0.0261. The molecule has 6 nitrogen and oxygen atoms in total. The zero-order valence-corrected chi connectivity index (χ0v) is 53.3. The largest absolute Gasteiger partial charge is 0.462 e. The van der Waals surface area contributed by atoms with Gasteiger partial charge in [0.05, 0.1) is 0 Å². The van der Waals surface area contributed by atoms with E-state index in [1.54, 1.807) is 0 Å². The molecule has 0 heterocycles. The van der Waals surface area contributed by atoms with E-state index in [0.717, 1.165) is 135 Å². The molecule has 0 radical (unpaired) electrons. The van der Waals surface area contributed by atoms with Crippen LogP contribution < -0.4 is 0 Å². The van der Waals surface area contributed by atoms with Crippen molar-refractivity contribution in [1.82, 2.24) is 0 Å². The minimum Gasteiger partial charge on any atom is -0.462 e. The van der Waals surface area contributed by atoms with Gasteiger partial charge >= 0.3 is 17.9 Å². The second-order valence-electron chi connectivity index (χ2n) is 22.7. The molecule has 1 unspecified atom stereocenters. The summed E-state index contributed by atoms with van der Waals surface area (Å²) in [5, 5.41) is 0. The van der Waals surface area contributed by atoms with Crippen molar-refractivity contribution in [1.29, 1.82) is 0 Å². The summed E-state index contributed by atoms with van der Waals surface area (Å²) in [6.45, 7) is 6.52. The third-order valence-corrected chi connectivity index (χ3v) is 14.8. The molecule has 0 aromatic rings. The Morgan fingerprint density at radius 2 is 0.481 bits per heavy atom. The molecule has 0 rings (SSSR count). The molecule has 0 bridgehead atoms. The average Bonchev–Trinajstić information content (AvgIpc) is 3.47. The molecule has 0 fully saturated rings. The SMILES string of the molecule is CC/C=C\C/C=C\C/C=C\C/C=C\C/C=C\C/C=C\CCCCCCCCC(=O)OCC(COC(=O)CCCCCCCCCCCCCCCCCCCCC)OC(=O)CCCCCCCC/C=C\C/C=C\C/C=C\CCCCC. The van der Waals surface area contributed by atoms with Gasteiger partial charge in [0.15, 0.2) is 6.10 Å². The van der Waals surface area contributed by atoms with Crippen LogP contribution in [0.25, 0.3) is 0 Å². The van der Waals surface area contributed by atoms with Crippen LogP contribution in [0.1, 0.15) is 329 Å². The summed E-state index contributed by atoms with van der Waals surface area (Å²) in [7, 11) is 0. The van der Waals surface area contributed by atoms with E-state index in [1.807, 2.05) is 0 Å². The molecule has 0 amide bonds. The first-order valence-electron chi connectivity index (χ1n) is 34.4. The molecule has 0 saturated carbocycles. The summed E-state index contributed by atoms with van der Waals surface area (Å²) in [4.78, 5) is 38.5. The fourth-order valence-electron chi connectivity index (χ4n) is 9.63. The topological polar surface area (TPSA) is 78.9 Å². The van der Waals surface area contributed by atoms with Gasteiger partial charge in [-0.3, -0.25) is 14.4 Å². The maximum Gasteiger partial charge on any atom is 0.306 e. The normalized spacial score (nSPS) is 12.8. The fourth-order valence-corrected chi connectivity index (χ4v) is 9.63. The van der Waals surface area contributed by atoms with Gasteiger partial charge < -0.3 is 14.2 Å². The van der Waals surface area contributed by atoms with Gasteiger partial charge in [-0.2, -0.15) is 0 Å². The smallest absolute Gasteiger partial charge is 0.306 e. The molecule has 0 aliphatic carbocycles. The maximum absolute atomic E-state index is 12.9. The van der Waals surface area contributed by atoms with Crippen LogP contribution >= 0.6 is 0 Å². The minimum atomic E-state index is -0.794. The van der Waals surface area contributed by atoms with Crippen molar-refractivity contribution in [2.45, 2.75) is 335 Å². The Morgan fingerprint density at radius 3 is 0.778 bits per heavy atom. The van der Waals surface area contributed by atoms with Gasteiger partial charge in [-0.05, 0) is 109 Å². The Morgan fingerprint density at radius 1 is 0.259 bits per heavy atom. The highest BCUT2D eigenvalue weighted by Crippen LogP contribution is 2.17. The molecule has 6 heteroatoms. The van der Waals surface area contributed by atoms with Gasteiger partial charge in [0.2, 0.25) is 0 Å². The van der Waals surface area contributed by atoms with Crippen molar-refractivity contribution in [3.63, 3.8) is 0 Å². The van der Waals surface area contributed by atoms with Crippen molar-refractivity contribution in [3.05, 3.63) is 109 Å². The number of unbranched alkanes of at least 4 members (excludes halogenated alkanes) is 33. The monoisotopic (exact) mass is 1120 g/mol. The molecule has 0 spiro atoms. The molecule has 0 aromatic heterocycles. The van der Waals surface area contributed by atoms with Gasteiger partial charge in [-0.15, -0.1) is 0 Å². The van der Waals surface area contributed by atoms with Crippen LogP contribution in [0.15, 0.2) is 109 Å². The van der Waals surface area contributed by atoms with E-state index in [0.29, 0.717) is 19.3 Å². The molecule has 0 aliphatic rings. The zero-order valence-electron chi connectivity index (χ0n) is 53.3. The van der Waals surface area contributed by atoms with Gasteiger partial charge in [-0.25, -0.2) is 0 Å². The third kappa shape index (κ3) is 66.8. The van der Waals surface area contributed by atoms with Crippen LogP contribution in [-0.4, -0.2) is 37.2 Å². The highest BCUT2D eigenvalue weighted by molar-refractivity contribution is 5.71. The number of hydrogen-bond donors (Lipinski definition) is 0. The molecule has 0 aliphatic heterocycles. The number of carbonyl (C=O) groups is 3. The van der Waals surface area contributed by atoms with Crippen LogP contribution in [0.3, 0.4) is 0 Å². The Hall–Kier alpha value is -3.93. The molecule has 0 saturated heterocycles. The lowest BCUT2D eigenvalue weighted by Crippen LogP contribution is -2.30. The Bertz CT molecular complexity index is 1620. The number of hydrogen-bond acceptors (Lipinski definition) is 6. The summed E-state index contributed by atoms with van der Waals surface area (Å²) >= 11 is 0. The predicted molar refractivity (Wildman–Crippen MR) is 353 cm³/mol. The number of rotatable bonds is 62. The standard InChI is InChI=1S/C75H128O6/c1-4-7-10-13-16-19-22-25-28-31-34-35-36-37-38-39-42-44-47-50-53-56-59-62-65-68-74(77)80-71-72(81-75(78)69-66-63-60-57-54-51-48-45-41-33-30-27-24-21-18-15-12-9-6-3)70-79-73(76)67-64-61-58-55-52-49-46-43-40-32-29-26-23-20-17-14-11-8-5-2/h7,10,16,18-19,21,25,27-28,30,34-35,37-38,41-42,44-45,72H,4-6,8-9,11-15,17,20,22-24,26,29,31-33,36,39-40,43,46-71H2,1-3H3/b10-7-,19-16-,21-18-,28-25-,30-27-,35-34-,38-37-,44-42-,45-41-. The van der Waals surface area contributed by atoms with E-state index in [1.165, 1.54) is 154 Å². The third-order valence-electron chi connectivity index (χ3n) is 14.8. The summed E-state index contributed by atoms with van der Waals surface area (Å²) in [6.07, 6.45) is 93.8. The lowest BCUT2D eigenvalue weighted by Gasteiger charge is -2.18. The van der Waals surface area contributed by atoms with Crippen LogP contribution in [0, 0.1) is 0 Å². The number of allylic oxidation sites excluding steroid dienone is 18. The first-order chi connectivity index (χ1) is 40.0. The summed E-state index contributed by atoms with van der Waals surface area (Å²) in [5.41, 5.74) is 0. The Kier molecular flexibility index (Phi) is 65.2. The highest BCUT2D eigenvalue weighted by atomic mass is 16.6. The van der Waals surface area contributed by atoms with E-state index in [9.17, 15) is 14.4 Å². The van der Waals surface area contributed by atoms with Gasteiger partial charge in [0, 0.05) is 19.3 Å². The van der Waals surface area contributed by atoms with Crippen LogP contribution in [0.5, 0.6) is 0 Å². The predicted octanol–water partition coefficient (Wildman–Crippen LogP) is 23.8. The van der Waals surface area contributed by atoms with Crippen LogP contribution in [0.2, 0.25) is 0 Å². The molecular formula is C75H128O6. The second-order valence-corrected chi connectivity index (χ2v) is 22.7. The van der Waals surface area contributed by atoms with Crippen molar-refractivity contribution < 1.29 is 28.6 Å². The molecule has 0 N–H and O–H groups in total. The van der Waals surface area contributed by atoms with E-state index >= 15 is 0 Å². The first kappa shape index (κ1) is 77.1. The Balaban J connectivity index is 4.42. The molecule has 81 heavy (non-hydrogen) atoms. The Labute approximate surface area is 501 Å². The van der Waals surface area contributed by atoms with Crippen molar-refractivity contribution in [2.75, 3.05) is 13.2 Å². The van der Waals surface area contributed by atoms with Crippen molar-refractivity contribution >= 4 is 17.9 Å². The van der Waals surface area contributed by atoms with Gasteiger partial charge in [-0.1, -0.05) is 310 Å². The molecule has 464 valence electrons. The summed E-state index contributed by atoms with van der Waals surface area (Å²) in [5.74, 6) is -0.901. The van der Waals surface area contributed by atoms with E-state index in [2.05, 4.69) is 130 Å². The molecular weight excluding hydrogens is 997 g/mol.